The number of aryl methyl sites for hydroxylation is 1. The van der Waals surface area contributed by atoms with Crippen molar-refractivity contribution in [3.8, 4) is 11.3 Å². The van der Waals surface area contributed by atoms with Gasteiger partial charge in [-0.05, 0) is 42.8 Å². The number of imide groups is 2. The molecule has 1 aliphatic heterocycles. The number of furan rings is 1. The van der Waals surface area contributed by atoms with E-state index >= 15 is 0 Å². The van der Waals surface area contributed by atoms with Crippen LogP contribution in [-0.4, -0.2) is 28.9 Å². The minimum Gasteiger partial charge on any atom is -0.478 e. The van der Waals surface area contributed by atoms with Gasteiger partial charge in [-0.25, -0.2) is 9.59 Å². The highest BCUT2D eigenvalue weighted by Gasteiger charge is 2.28. The molecule has 0 bridgehead atoms. The van der Waals surface area contributed by atoms with Gasteiger partial charge in [0.1, 0.15) is 17.1 Å². The summed E-state index contributed by atoms with van der Waals surface area (Å²) in [7, 11) is 0. The predicted octanol–water partition coefficient (Wildman–Crippen LogP) is 1.70. The summed E-state index contributed by atoms with van der Waals surface area (Å²) in [5.74, 6) is -2.10. The number of nitrogens with one attached hydrogen (secondary N) is 2. The van der Waals surface area contributed by atoms with Crippen molar-refractivity contribution in [2.75, 3.05) is 0 Å². The van der Waals surface area contributed by atoms with Gasteiger partial charge in [-0.15, -0.1) is 0 Å². The van der Waals surface area contributed by atoms with Crippen LogP contribution in [0.2, 0.25) is 0 Å². The van der Waals surface area contributed by atoms with E-state index in [-0.39, 0.29) is 16.9 Å². The van der Waals surface area contributed by atoms with E-state index in [1.54, 1.807) is 19.1 Å². The summed E-state index contributed by atoms with van der Waals surface area (Å²) in [6, 6.07) is 6.88. The second-order valence-electron chi connectivity index (χ2n) is 5.33. The lowest BCUT2D eigenvalue weighted by atomic mass is 10.0. The van der Waals surface area contributed by atoms with Crippen LogP contribution in [-0.2, 0) is 9.59 Å². The van der Waals surface area contributed by atoms with E-state index in [9.17, 15) is 19.2 Å². The monoisotopic (exact) mass is 340 g/mol. The Bertz CT molecular complexity index is 932. The van der Waals surface area contributed by atoms with Crippen LogP contribution in [0, 0.1) is 6.92 Å². The Balaban J connectivity index is 1.96. The fraction of sp³-hybridized carbons (Fsp3) is 0.0588. The molecule has 4 amide bonds. The summed E-state index contributed by atoms with van der Waals surface area (Å²) in [5, 5.41) is 13.0. The highest BCUT2D eigenvalue weighted by atomic mass is 16.4. The molecule has 2 aromatic rings. The van der Waals surface area contributed by atoms with Crippen molar-refractivity contribution in [1.82, 2.24) is 10.6 Å². The molecule has 0 radical (unpaired) electrons. The third-order valence-corrected chi connectivity index (χ3v) is 3.61. The van der Waals surface area contributed by atoms with E-state index in [2.05, 4.69) is 0 Å². The van der Waals surface area contributed by atoms with E-state index in [1.807, 2.05) is 10.6 Å². The average Bonchev–Trinajstić information content (AvgIpc) is 2.99. The predicted molar refractivity (Wildman–Crippen MR) is 85.5 cm³/mol. The van der Waals surface area contributed by atoms with Gasteiger partial charge in [0, 0.05) is 5.56 Å². The minimum atomic E-state index is -1.06. The maximum absolute atomic E-state index is 11.7. The number of rotatable bonds is 3. The average molecular weight is 340 g/mol. The smallest absolute Gasteiger partial charge is 0.335 e. The number of carboxylic acids is 1. The maximum Gasteiger partial charge on any atom is 0.335 e. The van der Waals surface area contributed by atoms with Crippen LogP contribution >= 0.6 is 0 Å². The molecule has 1 aliphatic rings. The first-order chi connectivity index (χ1) is 11.8. The first-order valence-corrected chi connectivity index (χ1v) is 7.17. The number of carbonyl (C=O) groups is 4. The van der Waals surface area contributed by atoms with Crippen LogP contribution in [0.3, 0.4) is 0 Å². The van der Waals surface area contributed by atoms with Crippen molar-refractivity contribution in [3.63, 3.8) is 0 Å². The fourth-order valence-corrected chi connectivity index (χ4v) is 2.34. The Kier molecular flexibility index (Phi) is 3.94. The zero-order chi connectivity index (χ0) is 18.1. The maximum atomic E-state index is 11.7. The van der Waals surface area contributed by atoms with Crippen LogP contribution in [0.15, 0.2) is 40.3 Å². The summed E-state index contributed by atoms with van der Waals surface area (Å²) >= 11 is 0. The number of aromatic carboxylic acids is 1. The SMILES string of the molecule is Cc1ccc(C(=O)O)cc1-c1ccc(C=C2C(=O)NC(=O)NC2=O)o1. The first-order valence-electron chi connectivity index (χ1n) is 7.17. The third kappa shape index (κ3) is 3.18. The van der Waals surface area contributed by atoms with Crippen molar-refractivity contribution in [3.05, 3.63) is 52.8 Å². The topological polar surface area (TPSA) is 126 Å². The normalized spacial score (nSPS) is 14.1. The molecule has 3 N–H and O–H groups in total. The van der Waals surface area contributed by atoms with Gasteiger partial charge in [0.2, 0.25) is 0 Å². The lowest BCUT2D eigenvalue weighted by Crippen LogP contribution is -2.51. The van der Waals surface area contributed by atoms with Crippen molar-refractivity contribution in [2.45, 2.75) is 6.92 Å². The zero-order valence-electron chi connectivity index (χ0n) is 13.0. The summed E-state index contributed by atoms with van der Waals surface area (Å²) < 4.78 is 5.60. The Morgan fingerprint density at radius 3 is 2.40 bits per heavy atom. The van der Waals surface area contributed by atoms with Gasteiger partial charge in [0.15, 0.2) is 0 Å². The standard InChI is InChI=1S/C17H12N2O6/c1-8-2-3-9(16(22)23)6-11(8)13-5-4-10(25-13)7-12-14(20)18-17(24)19-15(12)21/h2-7H,1H3,(H,22,23)(H2,18,19,20,21,24). The van der Waals surface area contributed by atoms with Crippen LogP contribution in [0.5, 0.6) is 0 Å². The van der Waals surface area contributed by atoms with Crippen LogP contribution in [0.4, 0.5) is 4.79 Å². The van der Waals surface area contributed by atoms with Crippen LogP contribution in [0.1, 0.15) is 21.7 Å². The largest absolute Gasteiger partial charge is 0.478 e. The van der Waals surface area contributed by atoms with Gasteiger partial charge in [-0.3, -0.25) is 20.2 Å². The molecule has 0 atom stereocenters. The summed E-state index contributed by atoms with van der Waals surface area (Å²) in [6.45, 7) is 1.80. The van der Waals surface area contributed by atoms with Crippen molar-refractivity contribution < 1.29 is 28.7 Å². The Hall–Kier alpha value is -3.68. The molecule has 0 spiro atoms. The molecular weight excluding hydrogens is 328 g/mol. The first kappa shape index (κ1) is 16.2. The number of barbiturate groups is 1. The molecule has 0 aliphatic carbocycles. The summed E-state index contributed by atoms with van der Waals surface area (Å²) in [4.78, 5) is 45.5. The minimum absolute atomic E-state index is 0.112. The van der Waals surface area contributed by atoms with Crippen molar-refractivity contribution in [2.24, 2.45) is 0 Å². The Morgan fingerprint density at radius 2 is 1.76 bits per heavy atom. The molecule has 3 rings (SSSR count). The lowest BCUT2D eigenvalue weighted by molar-refractivity contribution is -0.123. The number of carboxylic acid groups (broad SMARTS) is 1. The molecule has 8 heteroatoms. The molecule has 1 fully saturated rings. The van der Waals surface area contributed by atoms with Gasteiger partial charge >= 0.3 is 12.0 Å². The number of hydrogen-bond donors (Lipinski definition) is 3. The summed E-state index contributed by atoms with van der Waals surface area (Å²) in [5.41, 5.74) is 1.23. The highest BCUT2D eigenvalue weighted by Crippen LogP contribution is 2.27. The van der Waals surface area contributed by atoms with E-state index in [1.165, 1.54) is 24.3 Å². The lowest BCUT2D eigenvalue weighted by Gasteiger charge is -2.13. The molecule has 0 unspecified atom stereocenters. The molecular formula is C17H12N2O6. The number of hydrogen-bond acceptors (Lipinski definition) is 5. The molecule has 0 saturated carbocycles. The molecule has 126 valence electrons. The van der Waals surface area contributed by atoms with E-state index in [0.717, 1.165) is 5.56 Å². The molecule has 2 heterocycles. The zero-order valence-corrected chi connectivity index (χ0v) is 13.0. The molecule has 8 nitrogen and oxygen atoms in total. The van der Waals surface area contributed by atoms with Crippen molar-refractivity contribution in [1.29, 1.82) is 0 Å². The Morgan fingerprint density at radius 1 is 1.08 bits per heavy atom. The van der Waals surface area contributed by atoms with E-state index in [4.69, 9.17) is 9.52 Å². The fourth-order valence-electron chi connectivity index (χ4n) is 2.34. The number of carbonyl (C=O) groups excluding carboxylic acids is 3. The van der Waals surface area contributed by atoms with Gasteiger partial charge in [0.05, 0.1) is 5.56 Å². The molecule has 25 heavy (non-hydrogen) atoms. The van der Waals surface area contributed by atoms with Crippen LogP contribution < -0.4 is 10.6 Å². The second-order valence-corrected chi connectivity index (χ2v) is 5.33. The second kappa shape index (κ2) is 6.08. The third-order valence-electron chi connectivity index (χ3n) is 3.61. The van der Waals surface area contributed by atoms with Gasteiger partial charge < -0.3 is 9.52 Å². The van der Waals surface area contributed by atoms with Gasteiger partial charge in [-0.1, -0.05) is 6.07 Å². The number of amides is 4. The molecule has 1 aromatic carbocycles. The highest BCUT2D eigenvalue weighted by molar-refractivity contribution is 6.31. The van der Waals surface area contributed by atoms with Gasteiger partial charge in [0.25, 0.3) is 11.8 Å². The number of urea groups is 1. The Labute approximate surface area is 141 Å². The van der Waals surface area contributed by atoms with E-state index in [0.29, 0.717) is 11.3 Å². The quantitative estimate of drug-likeness (QED) is 0.577. The van der Waals surface area contributed by atoms with E-state index < -0.39 is 23.8 Å². The van der Waals surface area contributed by atoms with Crippen molar-refractivity contribution >= 4 is 29.9 Å². The van der Waals surface area contributed by atoms with Gasteiger partial charge in [-0.2, -0.15) is 0 Å². The summed E-state index contributed by atoms with van der Waals surface area (Å²) in [6.07, 6.45) is 1.21. The molecule has 1 aromatic heterocycles. The number of benzene rings is 1. The van der Waals surface area contributed by atoms with Crippen LogP contribution in [0.25, 0.3) is 17.4 Å². The molecule has 1 saturated heterocycles.